The third-order valence-corrected chi connectivity index (χ3v) is 6.05. The number of hydrogen-bond acceptors (Lipinski definition) is 4. The molecule has 6 heteroatoms. The molecular formula is C28H25N5O. The van der Waals surface area contributed by atoms with Gasteiger partial charge >= 0.3 is 0 Å². The number of hydrogen-bond donors (Lipinski definition) is 0. The van der Waals surface area contributed by atoms with Gasteiger partial charge in [0.05, 0.1) is 28.9 Å². The first-order valence-corrected chi connectivity index (χ1v) is 11.2. The van der Waals surface area contributed by atoms with Crippen LogP contribution in [0.5, 0.6) is 5.75 Å². The number of imidazole rings is 1. The van der Waals surface area contributed by atoms with Crippen molar-refractivity contribution in [3.8, 4) is 22.9 Å². The molecule has 0 aliphatic carbocycles. The van der Waals surface area contributed by atoms with Gasteiger partial charge in [0.2, 0.25) is 0 Å². The molecule has 0 fully saturated rings. The van der Waals surface area contributed by atoms with Crippen LogP contribution in [0, 0.1) is 25.2 Å². The largest absolute Gasteiger partial charge is 0.486 e. The van der Waals surface area contributed by atoms with Gasteiger partial charge in [0.1, 0.15) is 18.2 Å². The zero-order valence-corrected chi connectivity index (χ0v) is 19.5. The number of fused-ring (bicyclic) bond motifs is 1. The number of nitrogens with zero attached hydrogens (tertiary/aromatic N) is 5. The van der Waals surface area contributed by atoms with Gasteiger partial charge in [-0.15, -0.1) is 0 Å². The minimum absolute atomic E-state index is 0.327. The van der Waals surface area contributed by atoms with Crippen LogP contribution >= 0.6 is 0 Å². The summed E-state index contributed by atoms with van der Waals surface area (Å²) < 4.78 is 10.1. The van der Waals surface area contributed by atoms with Crippen molar-refractivity contribution in [3.63, 3.8) is 0 Å². The van der Waals surface area contributed by atoms with E-state index in [4.69, 9.17) is 15.0 Å². The fraction of sp³-hybridized carbons (Fsp3) is 0.179. The van der Waals surface area contributed by atoms with Crippen molar-refractivity contribution in [2.45, 2.75) is 27.0 Å². The summed E-state index contributed by atoms with van der Waals surface area (Å²) in [5.74, 6) is 1.56. The van der Waals surface area contributed by atoms with Gasteiger partial charge in [-0.2, -0.15) is 10.4 Å². The number of aromatic nitrogens is 4. The fourth-order valence-corrected chi connectivity index (χ4v) is 4.12. The van der Waals surface area contributed by atoms with Gasteiger partial charge in [0.15, 0.2) is 0 Å². The second kappa shape index (κ2) is 8.87. The van der Waals surface area contributed by atoms with E-state index < -0.39 is 0 Å². The average Bonchev–Trinajstić information content (AvgIpc) is 3.43. The first kappa shape index (κ1) is 21.5. The normalized spacial score (nSPS) is 11.0. The molecule has 0 saturated heterocycles. The summed E-state index contributed by atoms with van der Waals surface area (Å²) in [6.45, 7) is 5.28. The summed E-state index contributed by atoms with van der Waals surface area (Å²) >= 11 is 0. The molecule has 0 amide bonds. The zero-order chi connectivity index (χ0) is 23.7. The van der Waals surface area contributed by atoms with Gasteiger partial charge in [-0.25, -0.2) is 4.98 Å². The van der Waals surface area contributed by atoms with Crippen LogP contribution < -0.4 is 4.74 Å². The van der Waals surface area contributed by atoms with E-state index in [2.05, 4.69) is 66.0 Å². The van der Waals surface area contributed by atoms with E-state index in [-0.39, 0.29) is 0 Å². The van der Waals surface area contributed by atoms with E-state index in [0.717, 1.165) is 28.0 Å². The molecule has 0 unspecified atom stereocenters. The smallest absolute Gasteiger partial charge is 0.148 e. The molecule has 0 atom stereocenters. The molecule has 168 valence electrons. The third-order valence-electron chi connectivity index (χ3n) is 6.05. The number of rotatable bonds is 6. The highest BCUT2D eigenvalue weighted by atomic mass is 16.5. The van der Waals surface area contributed by atoms with E-state index in [0.29, 0.717) is 24.5 Å². The van der Waals surface area contributed by atoms with E-state index in [1.165, 1.54) is 16.7 Å². The predicted molar refractivity (Wildman–Crippen MR) is 132 cm³/mol. The highest BCUT2D eigenvalue weighted by molar-refractivity contribution is 5.82. The van der Waals surface area contributed by atoms with Crippen molar-refractivity contribution in [3.05, 3.63) is 101 Å². The van der Waals surface area contributed by atoms with E-state index in [1.807, 2.05) is 36.3 Å². The van der Waals surface area contributed by atoms with Crippen molar-refractivity contribution < 1.29 is 4.74 Å². The molecule has 0 spiro atoms. The molecule has 0 radical (unpaired) electrons. The summed E-state index contributed by atoms with van der Waals surface area (Å²) in [5.41, 5.74) is 8.49. The lowest BCUT2D eigenvalue weighted by Gasteiger charge is -2.13. The minimum atomic E-state index is 0.327. The number of nitriles is 1. The quantitative estimate of drug-likeness (QED) is 0.342. The summed E-state index contributed by atoms with van der Waals surface area (Å²) in [7, 11) is 1.92. The fourth-order valence-electron chi connectivity index (χ4n) is 4.12. The monoisotopic (exact) mass is 447 g/mol. The van der Waals surface area contributed by atoms with Crippen LogP contribution in [0.4, 0.5) is 0 Å². The lowest BCUT2D eigenvalue weighted by molar-refractivity contribution is 0.291. The van der Waals surface area contributed by atoms with Crippen LogP contribution in [-0.4, -0.2) is 19.3 Å². The van der Waals surface area contributed by atoms with Crippen LogP contribution in [0.3, 0.4) is 0 Å². The van der Waals surface area contributed by atoms with Gasteiger partial charge in [-0.1, -0.05) is 29.8 Å². The highest BCUT2D eigenvalue weighted by Gasteiger charge is 2.15. The summed E-state index contributed by atoms with van der Waals surface area (Å²) in [4.78, 5) is 4.91. The van der Waals surface area contributed by atoms with Gasteiger partial charge in [0.25, 0.3) is 0 Å². The first-order chi connectivity index (χ1) is 16.5. The summed E-state index contributed by atoms with van der Waals surface area (Å²) in [5, 5.41) is 13.4. The van der Waals surface area contributed by atoms with Gasteiger partial charge in [-0.05, 0) is 66.9 Å². The molecule has 2 aromatic heterocycles. The highest BCUT2D eigenvalue weighted by Crippen LogP contribution is 2.27. The molecule has 34 heavy (non-hydrogen) atoms. The predicted octanol–water partition coefficient (Wildman–Crippen LogP) is 5.55. The number of benzene rings is 3. The Bertz CT molecular complexity index is 1520. The molecule has 0 N–H and O–H groups in total. The lowest BCUT2D eigenvalue weighted by atomic mass is 10.1. The third kappa shape index (κ3) is 4.28. The Morgan fingerprint density at radius 2 is 1.79 bits per heavy atom. The Balaban J connectivity index is 1.55. The van der Waals surface area contributed by atoms with Gasteiger partial charge in [0, 0.05) is 25.4 Å². The van der Waals surface area contributed by atoms with Gasteiger partial charge in [-0.3, -0.25) is 4.68 Å². The van der Waals surface area contributed by atoms with E-state index >= 15 is 0 Å². The zero-order valence-electron chi connectivity index (χ0n) is 19.5. The maximum absolute atomic E-state index is 9.03. The standard InChI is InChI=1S/C28H25N5O/c1-19-4-5-20(2)23(12-19)17-33-27-13-22(24-15-30-32(3)16-24)8-11-26(27)31-28(33)18-34-25-9-6-21(14-29)7-10-25/h4-13,15-16H,17-18H2,1-3H3. The molecule has 2 heterocycles. The topological polar surface area (TPSA) is 68.7 Å². The Kier molecular flexibility index (Phi) is 5.60. The second-order valence-corrected chi connectivity index (χ2v) is 8.58. The van der Waals surface area contributed by atoms with Crippen molar-refractivity contribution in [1.82, 2.24) is 19.3 Å². The molecule has 0 saturated carbocycles. The van der Waals surface area contributed by atoms with E-state index in [9.17, 15) is 0 Å². The molecule has 6 nitrogen and oxygen atoms in total. The Labute approximate surface area is 198 Å². The molecule has 3 aromatic carbocycles. The molecule has 5 rings (SSSR count). The van der Waals surface area contributed by atoms with Gasteiger partial charge < -0.3 is 9.30 Å². The number of ether oxygens (including phenoxy) is 1. The van der Waals surface area contributed by atoms with Crippen LogP contribution in [0.1, 0.15) is 28.1 Å². The molecule has 0 aliphatic heterocycles. The van der Waals surface area contributed by atoms with Crippen LogP contribution in [-0.2, 0) is 20.2 Å². The van der Waals surface area contributed by atoms with E-state index in [1.54, 1.807) is 12.1 Å². The van der Waals surface area contributed by atoms with Crippen molar-refractivity contribution in [2.75, 3.05) is 0 Å². The average molecular weight is 448 g/mol. The van der Waals surface area contributed by atoms with Crippen LogP contribution in [0.25, 0.3) is 22.2 Å². The minimum Gasteiger partial charge on any atom is -0.486 e. The Hall–Kier alpha value is -4.37. The SMILES string of the molecule is Cc1ccc(C)c(Cn2c(COc3ccc(C#N)cc3)nc3ccc(-c4cnn(C)c4)cc32)c1. The second-order valence-electron chi connectivity index (χ2n) is 8.58. The summed E-state index contributed by atoms with van der Waals surface area (Å²) in [6.07, 6.45) is 3.89. The lowest BCUT2D eigenvalue weighted by Crippen LogP contribution is -2.09. The van der Waals surface area contributed by atoms with Crippen molar-refractivity contribution in [1.29, 1.82) is 5.26 Å². The Morgan fingerprint density at radius 3 is 2.53 bits per heavy atom. The Morgan fingerprint density at radius 1 is 0.971 bits per heavy atom. The first-order valence-electron chi connectivity index (χ1n) is 11.2. The molecular weight excluding hydrogens is 422 g/mol. The molecule has 0 bridgehead atoms. The number of aryl methyl sites for hydroxylation is 3. The maximum Gasteiger partial charge on any atom is 0.148 e. The van der Waals surface area contributed by atoms with Crippen LogP contribution in [0.15, 0.2) is 73.1 Å². The summed E-state index contributed by atoms with van der Waals surface area (Å²) in [6, 6.07) is 22.1. The molecule has 5 aromatic rings. The van der Waals surface area contributed by atoms with Crippen LogP contribution in [0.2, 0.25) is 0 Å². The maximum atomic E-state index is 9.03. The van der Waals surface area contributed by atoms with Crippen molar-refractivity contribution >= 4 is 11.0 Å². The van der Waals surface area contributed by atoms with Crippen molar-refractivity contribution in [2.24, 2.45) is 7.05 Å². The molecule has 0 aliphatic rings.